The normalized spacial score (nSPS) is 16.1. The Balaban J connectivity index is 1.63. The first-order valence-corrected chi connectivity index (χ1v) is 8.32. The average molecular weight is 310 g/mol. The van der Waals surface area contributed by atoms with Gasteiger partial charge in [0.2, 0.25) is 5.91 Å². The number of carboxylic acids is 1. The molecular weight excluding hydrogens is 288 g/mol. The fraction of sp³-hybridized carbons (Fsp3) is 0.600. The summed E-state index contributed by atoms with van der Waals surface area (Å²) in [6.07, 6.45) is 1.87. The van der Waals surface area contributed by atoms with Gasteiger partial charge in [-0.25, -0.2) is 0 Å². The van der Waals surface area contributed by atoms with Crippen molar-refractivity contribution in [1.82, 2.24) is 9.80 Å². The lowest BCUT2D eigenvalue weighted by Crippen LogP contribution is -2.48. The van der Waals surface area contributed by atoms with Crippen molar-refractivity contribution in [1.29, 1.82) is 0 Å². The number of unbranched alkanes of at least 4 members (excludes halogenated alkanes) is 1. The zero-order valence-electron chi connectivity index (χ0n) is 12.2. The molecule has 0 atom stereocenters. The summed E-state index contributed by atoms with van der Waals surface area (Å²) in [6, 6.07) is 2.14. The number of rotatable bonds is 7. The minimum atomic E-state index is -0.788. The van der Waals surface area contributed by atoms with Crippen LogP contribution in [0.4, 0.5) is 0 Å². The average Bonchev–Trinajstić information content (AvgIpc) is 2.97. The van der Waals surface area contributed by atoms with Crippen LogP contribution in [0.1, 0.15) is 31.2 Å². The third kappa shape index (κ3) is 5.47. The summed E-state index contributed by atoms with van der Waals surface area (Å²) >= 11 is 1.71. The molecule has 21 heavy (non-hydrogen) atoms. The Morgan fingerprint density at radius 3 is 2.48 bits per heavy atom. The van der Waals surface area contributed by atoms with E-state index in [0.717, 1.165) is 32.7 Å². The van der Waals surface area contributed by atoms with Crippen LogP contribution in [0, 0.1) is 0 Å². The molecule has 0 bridgehead atoms. The van der Waals surface area contributed by atoms with Crippen molar-refractivity contribution in [3.8, 4) is 0 Å². The molecule has 2 heterocycles. The van der Waals surface area contributed by atoms with Gasteiger partial charge in [-0.1, -0.05) is 0 Å². The third-order valence-corrected chi connectivity index (χ3v) is 4.47. The van der Waals surface area contributed by atoms with Crippen molar-refractivity contribution in [2.75, 3.05) is 26.2 Å². The summed E-state index contributed by atoms with van der Waals surface area (Å²) in [5.74, 6) is -0.625. The van der Waals surface area contributed by atoms with Crippen LogP contribution in [0.2, 0.25) is 0 Å². The number of carbonyl (C=O) groups is 2. The van der Waals surface area contributed by atoms with E-state index in [9.17, 15) is 9.59 Å². The Kier molecular flexibility index (Phi) is 6.20. The minimum Gasteiger partial charge on any atom is -0.481 e. The van der Waals surface area contributed by atoms with E-state index in [2.05, 4.69) is 21.7 Å². The monoisotopic (exact) mass is 310 g/mol. The molecule has 0 spiro atoms. The Morgan fingerprint density at radius 2 is 1.86 bits per heavy atom. The van der Waals surface area contributed by atoms with Crippen LogP contribution in [0.15, 0.2) is 16.8 Å². The molecule has 0 saturated carbocycles. The molecule has 0 aromatic carbocycles. The number of aliphatic carboxylic acids is 1. The second-order valence-electron chi connectivity index (χ2n) is 5.39. The topological polar surface area (TPSA) is 60.9 Å². The molecule has 1 aromatic rings. The van der Waals surface area contributed by atoms with Crippen LogP contribution >= 0.6 is 11.3 Å². The maximum Gasteiger partial charge on any atom is 0.303 e. The lowest BCUT2D eigenvalue weighted by atomic mass is 10.1. The summed E-state index contributed by atoms with van der Waals surface area (Å²) in [6.45, 7) is 4.35. The Bertz CT molecular complexity index is 453. The van der Waals surface area contributed by atoms with Crippen LogP contribution in [-0.4, -0.2) is 53.0 Å². The van der Waals surface area contributed by atoms with E-state index < -0.39 is 5.97 Å². The van der Waals surface area contributed by atoms with Gasteiger partial charge in [-0.3, -0.25) is 14.5 Å². The molecular formula is C15H22N2O3S. The molecule has 1 aliphatic rings. The van der Waals surface area contributed by atoms with E-state index in [-0.39, 0.29) is 12.3 Å². The van der Waals surface area contributed by atoms with Crippen molar-refractivity contribution in [3.63, 3.8) is 0 Å². The molecule has 0 unspecified atom stereocenters. The predicted octanol–water partition coefficient (Wildman–Crippen LogP) is 2.04. The van der Waals surface area contributed by atoms with Crippen LogP contribution in [0.25, 0.3) is 0 Å². The molecule has 1 saturated heterocycles. The number of carbonyl (C=O) groups excluding carboxylic acids is 1. The van der Waals surface area contributed by atoms with E-state index in [4.69, 9.17) is 5.11 Å². The van der Waals surface area contributed by atoms with Crippen molar-refractivity contribution in [2.24, 2.45) is 0 Å². The highest BCUT2D eigenvalue weighted by Gasteiger charge is 2.20. The number of hydrogen-bond acceptors (Lipinski definition) is 4. The first kappa shape index (κ1) is 16.0. The molecule has 1 N–H and O–H groups in total. The van der Waals surface area contributed by atoms with Crippen molar-refractivity contribution in [2.45, 2.75) is 32.2 Å². The molecule has 1 amide bonds. The number of hydrogen-bond donors (Lipinski definition) is 1. The molecule has 0 aliphatic carbocycles. The molecule has 2 rings (SSSR count). The van der Waals surface area contributed by atoms with Gasteiger partial charge < -0.3 is 10.0 Å². The van der Waals surface area contributed by atoms with Gasteiger partial charge in [0.05, 0.1) is 0 Å². The first-order chi connectivity index (χ1) is 10.1. The van der Waals surface area contributed by atoms with Gasteiger partial charge in [-0.15, -0.1) is 0 Å². The summed E-state index contributed by atoms with van der Waals surface area (Å²) in [7, 11) is 0. The van der Waals surface area contributed by atoms with Crippen molar-refractivity contribution < 1.29 is 14.7 Å². The fourth-order valence-electron chi connectivity index (χ4n) is 2.51. The highest BCUT2D eigenvalue weighted by molar-refractivity contribution is 7.07. The molecule has 1 fully saturated rings. The number of thiophene rings is 1. The van der Waals surface area contributed by atoms with Gasteiger partial charge in [-0.05, 0) is 35.2 Å². The molecule has 5 nitrogen and oxygen atoms in total. The highest BCUT2D eigenvalue weighted by atomic mass is 32.1. The van der Waals surface area contributed by atoms with Crippen LogP contribution in [0.3, 0.4) is 0 Å². The van der Waals surface area contributed by atoms with Gasteiger partial charge in [0, 0.05) is 45.6 Å². The maximum atomic E-state index is 12.0. The van der Waals surface area contributed by atoms with Gasteiger partial charge in [0.15, 0.2) is 0 Å². The van der Waals surface area contributed by atoms with Crippen LogP contribution in [0.5, 0.6) is 0 Å². The molecule has 1 aromatic heterocycles. The van der Waals surface area contributed by atoms with E-state index in [1.807, 2.05) is 4.90 Å². The Morgan fingerprint density at radius 1 is 1.14 bits per heavy atom. The second-order valence-corrected chi connectivity index (χ2v) is 6.17. The second kappa shape index (κ2) is 8.14. The number of nitrogens with zero attached hydrogens (tertiary/aromatic N) is 2. The van der Waals surface area contributed by atoms with Gasteiger partial charge in [0.1, 0.15) is 0 Å². The lowest BCUT2D eigenvalue weighted by Gasteiger charge is -2.34. The SMILES string of the molecule is O=C(O)CCCCC(=O)N1CCN(Cc2ccsc2)CC1. The predicted molar refractivity (Wildman–Crippen MR) is 82.3 cm³/mol. The minimum absolute atomic E-state index is 0.154. The summed E-state index contributed by atoms with van der Waals surface area (Å²) in [4.78, 5) is 26.7. The van der Waals surface area contributed by atoms with Gasteiger partial charge in [0.25, 0.3) is 0 Å². The number of amides is 1. The van der Waals surface area contributed by atoms with Gasteiger partial charge >= 0.3 is 5.97 Å². The Hall–Kier alpha value is -1.40. The summed E-state index contributed by atoms with van der Waals surface area (Å²) < 4.78 is 0. The zero-order valence-corrected chi connectivity index (χ0v) is 13.0. The van der Waals surface area contributed by atoms with E-state index in [1.165, 1.54) is 5.56 Å². The van der Waals surface area contributed by atoms with E-state index >= 15 is 0 Å². The number of carboxylic acid groups (broad SMARTS) is 1. The van der Waals surface area contributed by atoms with Crippen LogP contribution in [-0.2, 0) is 16.1 Å². The maximum absolute atomic E-state index is 12.0. The lowest BCUT2D eigenvalue weighted by molar-refractivity contribution is -0.138. The van der Waals surface area contributed by atoms with Crippen molar-refractivity contribution >= 4 is 23.2 Å². The van der Waals surface area contributed by atoms with Crippen LogP contribution < -0.4 is 0 Å². The van der Waals surface area contributed by atoms with Crippen molar-refractivity contribution in [3.05, 3.63) is 22.4 Å². The van der Waals surface area contributed by atoms with E-state index in [0.29, 0.717) is 19.3 Å². The zero-order chi connectivity index (χ0) is 15.1. The fourth-order valence-corrected chi connectivity index (χ4v) is 3.17. The smallest absolute Gasteiger partial charge is 0.303 e. The quantitative estimate of drug-likeness (QED) is 0.783. The Labute approximate surface area is 129 Å². The molecule has 6 heteroatoms. The standard InChI is InChI=1S/C15H22N2O3S/c18-14(3-1-2-4-15(19)20)17-8-6-16(7-9-17)11-13-5-10-21-12-13/h5,10,12H,1-4,6-9,11H2,(H,19,20). The molecule has 0 radical (unpaired) electrons. The largest absolute Gasteiger partial charge is 0.481 e. The highest BCUT2D eigenvalue weighted by Crippen LogP contribution is 2.12. The third-order valence-electron chi connectivity index (χ3n) is 3.74. The molecule has 1 aliphatic heterocycles. The summed E-state index contributed by atoms with van der Waals surface area (Å²) in [5.41, 5.74) is 1.34. The first-order valence-electron chi connectivity index (χ1n) is 7.38. The van der Waals surface area contributed by atoms with E-state index in [1.54, 1.807) is 11.3 Å². The summed E-state index contributed by atoms with van der Waals surface area (Å²) in [5, 5.41) is 12.8. The number of piperazine rings is 1. The molecule has 116 valence electrons. The van der Waals surface area contributed by atoms with Gasteiger partial charge in [-0.2, -0.15) is 11.3 Å².